The quantitative estimate of drug-likeness (QED) is 0.294. The third-order valence-electron chi connectivity index (χ3n) is 5.66. The summed E-state index contributed by atoms with van der Waals surface area (Å²) < 4.78 is 5.32. The van der Waals surface area contributed by atoms with E-state index in [4.69, 9.17) is 4.42 Å². The SMILES string of the molecule is O=C(Nc1ccc2ccc3cccc4ccc1c2c34)c1cc2ccccc2oc1=O. The maximum atomic E-state index is 13.0. The van der Waals surface area contributed by atoms with E-state index < -0.39 is 11.5 Å². The fourth-order valence-corrected chi connectivity index (χ4v) is 4.25. The van der Waals surface area contributed by atoms with Gasteiger partial charge in [-0.1, -0.05) is 66.7 Å². The lowest BCUT2D eigenvalue weighted by atomic mass is 9.93. The molecule has 0 aliphatic heterocycles. The minimum atomic E-state index is -0.649. The molecule has 1 heterocycles. The van der Waals surface area contributed by atoms with E-state index in [0.717, 1.165) is 26.9 Å². The molecule has 4 nitrogen and oxygen atoms in total. The third kappa shape index (κ3) is 2.40. The average molecular weight is 389 g/mol. The van der Waals surface area contributed by atoms with Crippen molar-refractivity contribution in [3.63, 3.8) is 0 Å². The van der Waals surface area contributed by atoms with Crippen LogP contribution < -0.4 is 10.9 Å². The van der Waals surface area contributed by atoms with E-state index in [1.807, 2.05) is 36.4 Å². The van der Waals surface area contributed by atoms with Gasteiger partial charge in [0.05, 0.1) is 0 Å². The summed E-state index contributed by atoms with van der Waals surface area (Å²) in [6, 6.07) is 27.1. The molecule has 6 aromatic rings. The van der Waals surface area contributed by atoms with Gasteiger partial charge in [0.2, 0.25) is 0 Å². The highest BCUT2D eigenvalue weighted by Crippen LogP contribution is 2.37. The lowest BCUT2D eigenvalue weighted by Crippen LogP contribution is -2.20. The number of rotatable bonds is 2. The number of nitrogens with one attached hydrogen (secondary N) is 1. The Balaban J connectivity index is 1.51. The van der Waals surface area contributed by atoms with Crippen molar-refractivity contribution in [2.45, 2.75) is 0 Å². The predicted octanol–water partition coefficient (Wildman–Crippen LogP) is 5.94. The summed E-state index contributed by atoms with van der Waals surface area (Å²) in [6.07, 6.45) is 0. The van der Waals surface area contributed by atoms with Gasteiger partial charge in [0, 0.05) is 16.5 Å². The van der Waals surface area contributed by atoms with Gasteiger partial charge in [0.25, 0.3) is 5.91 Å². The monoisotopic (exact) mass is 389 g/mol. The van der Waals surface area contributed by atoms with Gasteiger partial charge in [0.1, 0.15) is 11.1 Å². The highest BCUT2D eigenvalue weighted by molar-refractivity contribution is 6.26. The number of amides is 1. The van der Waals surface area contributed by atoms with Crippen LogP contribution in [0.15, 0.2) is 94.1 Å². The van der Waals surface area contributed by atoms with Gasteiger partial charge in [-0.3, -0.25) is 4.79 Å². The van der Waals surface area contributed by atoms with Crippen molar-refractivity contribution in [3.8, 4) is 0 Å². The highest BCUT2D eigenvalue weighted by Gasteiger charge is 2.16. The second-order valence-corrected chi connectivity index (χ2v) is 7.41. The molecule has 6 rings (SSSR count). The molecule has 0 atom stereocenters. The Labute approximate surface area is 170 Å². The highest BCUT2D eigenvalue weighted by atomic mass is 16.4. The van der Waals surface area contributed by atoms with Crippen LogP contribution in [0.5, 0.6) is 0 Å². The molecule has 1 N–H and O–H groups in total. The van der Waals surface area contributed by atoms with Gasteiger partial charge in [-0.05, 0) is 45.1 Å². The first-order chi connectivity index (χ1) is 14.7. The number of anilines is 1. The van der Waals surface area contributed by atoms with Crippen molar-refractivity contribution in [2.75, 3.05) is 5.32 Å². The standard InChI is InChI=1S/C26H15NO3/c28-25(20-14-18-4-1-2-7-22(18)30-26(20)29)27-21-13-11-17-9-8-15-5-3-6-16-10-12-19(21)24(17)23(15)16/h1-14H,(H,27,28). The van der Waals surface area contributed by atoms with E-state index >= 15 is 0 Å². The van der Waals surface area contributed by atoms with Crippen molar-refractivity contribution in [3.05, 3.63) is 101 Å². The fourth-order valence-electron chi connectivity index (χ4n) is 4.25. The van der Waals surface area contributed by atoms with Crippen LogP contribution in [-0.2, 0) is 0 Å². The molecule has 4 heteroatoms. The number of carbonyl (C=O) groups excluding carboxylic acids is 1. The van der Waals surface area contributed by atoms with Crippen LogP contribution in [0.1, 0.15) is 10.4 Å². The van der Waals surface area contributed by atoms with Crippen LogP contribution in [-0.4, -0.2) is 5.91 Å². The zero-order chi connectivity index (χ0) is 20.2. The van der Waals surface area contributed by atoms with Crippen LogP contribution in [0.3, 0.4) is 0 Å². The maximum Gasteiger partial charge on any atom is 0.349 e. The van der Waals surface area contributed by atoms with Crippen LogP contribution in [0.25, 0.3) is 43.3 Å². The lowest BCUT2D eigenvalue weighted by molar-refractivity contribution is 0.102. The van der Waals surface area contributed by atoms with Crippen molar-refractivity contribution in [2.24, 2.45) is 0 Å². The molecule has 142 valence electrons. The van der Waals surface area contributed by atoms with Crippen molar-refractivity contribution < 1.29 is 9.21 Å². The summed E-state index contributed by atoms with van der Waals surface area (Å²) in [7, 11) is 0. The van der Waals surface area contributed by atoms with Gasteiger partial charge >= 0.3 is 5.63 Å². The maximum absolute atomic E-state index is 13.0. The molecule has 0 aliphatic carbocycles. The summed E-state index contributed by atoms with van der Waals surface area (Å²) in [6.45, 7) is 0. The first kappa shape index (κ1) is 16.7. The van der Waals surface area contributed by atoms with Gasteiger partial charge < -0.3 is 9.73 Å². The summed E-state index contributed by atoms with van der Waals surface area (Å²) in [5, 5.41) is 10.3. The third-order valence-corrected chi connectivity index (χ3v) is 5.66. The molecule has 0 aliphatic rings. The molecule has 0 radical (unpaired) electrons. The van der Waals surface area contributed by atoms with Crippen LogP contribution in [0.2, 0.25) is 0 Å². The summed E-state index contributed by atoms with van der Waals surface area (Å²) in [4.78, 5) is 25.3. The Morgan fingerprint density at radius 1 is 0.700 bits per heavy atom. The Hall–Kier alpha value is -4.18. The predicted molar refractivity (Wildman–Crippen MR) is 121 cm³/mol. The molecular weight excluding hydrogens is 374 g/mol. The molecular formula is C26H15NO3. The second-order valence-electron chi connectivity index (χ2n) is 7.41. The smallest absolute Gasteiger partial charge is 0.349 e. The number of hydrogen-bond donors (Lipinski definition) is 1. The Morgan fingerprint density at radius 3 is 2.20 bits per heavy atom. The van der Waals surface area contributed by atoms with E-state index in [9.17, 15) is 9.59 Å². The van der Waals surface area contributed by atoms with Crippen molar-refractivity contribution in [1.29, 1.82) is 0 Å². The number of fused-ring (bicyclic) bond motifs is 1. The second kappa shape index (κ2) is 6.16. The van der Waals surface area contributed by atoms with Gasteiger partial charge in [-0.25, -0.2) is 4.79 Å². The summed E-state index contributed by atoms with van der Waals surface area (Å²) in [5.74, 6) is -0.482. The Kier molecular flexibility index (Phi) is 3.44. The Morgan fingerprint density at radius 2 is 1.37 bits per heavy atom. The first-order valence-corrected chi connectivity index (χ1v) is 9.70. The number of para-hydroxylation sites is 1. The minimum absolute atomic E-state index is 0.0144. The molecule has 30 heavy (non-hydrogen) atoms. The van der Waals surface area contributed by atoms with E-state index in [-0.39, 0.29) is 5.56 Å². The molecule has 5 aromatic carbocycles. The molecule has 1 aromatic heterocycles. The van der Waals surface area contributed by atoms with Crippen LogP contribution >= 0.6 is 0 Å². The zero-order valence-electron chi connectivity index (χ0n) is 15.8. The van der Waals surface area contributed by atoms with Gasteiger partial charge in [-0.2, -0.15) is 0 Å². The van der Waals surface area contributed by atoms with Gasteiger partial charge in [0.15, 0.2) is 0 Å². The Bertz CT molecular complexity index is 1650. The van der Waals surface area contributed by atoms with Gasteiger partial charge in [-0.15, -0.1) is 0 Å². The van der Waals surface area contributed by atoms with E-state index in [2.05, 4.69) is 35.6 Å². The van der Waals surface area contributed by atoms with Crippen molar-refractivity contribution >= 4 is 54.9 Å². The minimum Gasteiger partial charge on any atom is -0.422 e. The summed E-state index contributed by atoms with van der Waals surface area (Å²) >= 11 is 0. The van der Waals surface area contributed by atoms with E-state index in [1.165, 1.54) is 5.39 Å². The normalized spacial score (nSPS) is 11.6. The zero-order valence-corrected chi connectivity index (χ0v) is 15.8. The largest absolute Gasteiger partial charge is 0.422 e. The molecule has 0 saturated heterocycles. The summed E-state index contributed by atoms with van der Waals surface area (Å²) in [5.41, 5.74) is 0.461. The van der Waals surface area contributed by atoms with Crippen molar-refractivity contribution in [1.82, 2.24) is 0 Å². The molecule has 1 amide bonds. The average Bonchev–Trinajstić information content (AvgIpc) is 2.78. The molecule has 0 saturated carbocycles. The molecule has 0 unspecified atom stereocenters. The topological polar surface area (TPSA) is 59.3 Å². The van der Waals surface area contributed by atoms with Crippen LogP contribution in [0.4, 0.5) is 5.69 Å². The molecule has 0 fully saturated rings. The molecule has 0 spiro atoms. The lowest BCUT2D eigenvalue weighted by Gasteiger charge is -2.14. The number of benzene rings is 5. The molecule has 0 bridgehead atoms. The number of carbonyl (C=O) groups is 1. The fraction of sp³-hybridized carbons (Fsp3) is 0. The van der Waals surface area contributed by atoms with Crippen LogP contribution in [0, 0.1) is 0 Å². The van der Waals surface area contributed by atoms with E-state index in [0.29, 0.717) is 16.7 Å². The number of hydrogen-bond acceptors (Lipinski definition) is 3. The van der Waals surface area contributed by atoms with E-state index in [1.54, 1.807) is 18.2 Å². The first-order valence-electron chi connectivity index (χ1n) is 9.70.